The lowest BCUT2D eigenvalue weighted by molar-refractivity contribution is -0.161. The van der Waals surface area contributed by atoms with Crippen molar-refractivity contribution in [3.63, 3.8) is 0 Å². The van der Waals surface area contributed by atoms with Crippen molar-refractivity contribution in [2.45, 2.75) is 213 Å². The number of allylic oxidation sites excluding steroid dienone is 34. The molecule has 0 aliphatic heterocycles. The molecule has 0 aliphatic carbocycles. The largest absolute Gasteiger partial charge is 0.462 e. The third-order valence-electron chi connectivity index (χ3n) is 11.6. The summed E-state index contributed by atoms with van der Waals surface area (Å²) in [4.78, 5) is 24.5. The predicted molar refractivity (Wildman–Crippen MR) is 333 cm³/mol. The maximum Gasteiger partial charge on any atom is 0.306 e. The van der Waals surface area contributed by atoms with E-state index >= 15 is 0 Å². The van der Waals surface area contributed by atoms with Crippen molar-refractivity contribution in [3.05, 3.63) is 207 Å². The molecular formula is C71H106O5. The van der Waals surface area contributed by atoms with Gasteiger partial charge in [0.15, 0.2) is 6.10 Å². The van der Waals surface area contributed by atoms with Crippen LogP contribution in [-0.4, -0.2) is 36.4 Å². The summed E-state index contributed by atoms with van der Waals surface area (Å²) in [6.45, 7) is 3.85. The van der Waals surface area contributed by atoms with Crippen molar-refractivity contribution in [2.75, 3.05) is 13.2 Å². The van der Waals surface area contributed by atoms with Crippen LogP contribution in [0.4, 0.5) is 0 Å². The summed E-state index contributed by atoms with van der Waals surface area (Å²) < 4.78 is 10.7. The smallest absolute Gasteiger partial charge is 0.306 e. The average molecular weight is 1040 g/mol. The molecule has 0 aromatic rings. The fourth-order valence-electron chi connectivity index (χ4n) is 7.21. The highest BCUT2D eigenvalue weighted by atomic mass is 16.6. The fraction of sp³-hybridized carbons (Fsp3) is 0.493. The van der Waals surface area contributed by atoms with E-state index in [0.717, 1.165) is 180 Å². The minimum absolute atomic E-state index is 0.101. The van der Waals surface area contributed by atoms with E-state index in [2.05, 4.69) is 220 Å². The van der Waals surface area contributed by atoms with Crippen LogP contribution in [0.3, 0.4) is 0 Å². The number of aliphatic hydroxyl groups excluding tert-OH is 1. The second kappa shape index (κ2) is 63.8. The zero-order valence-electron chi connectivity index (χ0n) is 47.9. The summed E-state index contributed by atoms with van der Waals surface area (Å²) in [6, 6.07) is 0. The number of ether oxygens (including phenoxy) is 2. The minimum atomic E-state index is -0.812. The molecule has 0 saturated carbocycles. The van der Waals surface area contributed by atoms with E-state index in [1.807, 2.05) is 0 Å². The second-order valence-electron chi connectivity index (χ2n) is 18.6. The Morgan fingerprint density at radius 1 is 0.303 bits per heavy atom. The van der Waals surface area contributed by atoms with E-state index < -0.39 is 6.10 Å². The topological polar surface area (TPSA) is 72.8 Å². The van der Waals surface area contributed by atoms with Gasteiger partial charge in [-0.2, -0.15) is 0 Å². The van der Waals surface area contributed by atoms with Crippen molar-refractivity contribution in [3.8, 4) is 0 Å². The molecule has 0 aromatic carbocycles. The predicted octanol–water partition coefficient (Wildman–Crippen LogP) is 20.6. The molecule has 0 radical (unpaired) electrons. The van der Waals surface area contributed by atoms with Crippen LogP contribution in [0.5, 0.6) is 0 Å². The Bertz CT molecular complexity index is 1840. The Labute approximate surface area is 466 Å². The highest BCUT2D eigenvalue weighted by Crippen LogP contribution is 2.11. The molecule has 0 heterocycles. The van der Waals surface area contributed by atoms with Crippen LogP contribution in [-0.2, 0) is 19.1 Å². The molecular weight excluding hydrogens is 933 g/mol. The Morgan fingerprint density at radius 2 is 0.526 bits per heavy atom. The number of aliphatic hydroxyl groups is 1. The van der Waals surface area contributed by atoms with Gasteiger partial charge in [0.2, 0.25) is 0 Å². The van der Waals surface area contributed by atoms with E-state index in [9.17, 15) is 14.7 Å². The normalized spacial score (nSPS) is 13.8. The van der Waals surface area contributed by atoms with Crippen molar-refractivity contribution >= 4 is 11.9 Å². The molecule has 420 valence electrons. The summed E-state index contributed by atoms with van der Waals surface area (Å²) in [7, 11) is 0. The van der Waals surface area contributed by atoms with E-state index in [1.54, 1.807) is 0 Å². The molecule has 76 heavy (non-hydrogen) atoms. The third-order valence-corrected chi connectivity index (χ3v) is 11.6. The molecule has 0 fully saturated rings. The molecule has 1 N–H and O–H groups in total. The van der Waals surface area contributed by atoms with Crippen LogP contribution in [0.1, 0.15) is 206 Å². The first-order valence-electron chi connectivity index (χ1n) is 29.6. The summed E-state index contributed by atoms with van der Waals surface area (Å²) in [5.41, 5.74) is 0. The molecule has 0 bridgehead atoms. The van der Waals surface area contributed by atoms with E-state index in [4.69, 9.17) is 9.47 Å². The Morgan fingerprint density at radius 3 is 0.789 bits per heavy atom. The van der Waals surface area contributed by atoms with Gasteiger partial charge in [0.25, 0.3) is 0 Å². The first-order valence-corrected chi connectivity index (χ1v) is 29.6. The molecule has 0 aliphatic rings. The van der Waals surface area contributed by atoms with Crippen LogP contribution in [0, 0.1) is 0 Å². The summed E-state index contributed by atoms with van der Waals surface area (Å²) >= 11 is 0. The Balaban J connectivity index is 3.71. The average Bonchev–Trinajstić information content (AvgIpc) is 3.42. The Kier molecular flexibility index (Phi) is 59.1. The lowest BCUT2D eigenvalue weighted by Crippen LogP contribution is -2.28. The molecule has 1 atom stereocenters. The van der Waals surface area contributed by atoms with Crippen molar-refractivity contribution in [2.24, 2.45) is 0 Å². The highest BCUT2D eigenvalue weighted by Gasteiger charge is 2.16. The molecule has 1 unspecified atom stereocenters. The van der Waals surface area contributed by atoms with E-state index in [0.29, 0.717) is 12.8 Å². The maximum atomic E-state index is 12.3. The van der Waals surface area contributed by atoms with E-state index in [1.165, 1.54) is 0 Å². The minimum Gasteiger partial charge on any atom is -0.462 e. The van der Waals surface area contributed by atoms with Crippen LogP contribution in [0.15, 0.2) is 207 Å². The maximum absolute atomic E-state index is 12.3. The van der Waals surface area contributed by atoms with E-state index in [-0.39, 0.29) is 25.2 Å². The Hall–Kier alpha value is -5.52. The standard InChI is InChI=1S/C71H106O5/c1-3-5-7-9-11-13-15-17-19-21-23-25-26-27-28-29-30-31-32-33-34-35-36-37-38-39-40-41-42-43-44-46-48-50-52-54-56-58-60-62-64-66-71(74)76-69(67-72)68-75-70(73)65-63-61-59-57-55-53-51-49-47-45-24-22-20-18-16-14-12-10-8-6-4-2/h5-8,11-14,17-20,23-25,27-28,30-31,33-34,36-37,39-40,42-43,45-46,48-49,51-52,54,69,72H,3-4,9-10,15-16,21-22,26,29,32,35,38,41,44,47,50,53,55-68H2,1-2H3/b7-5-,8-6-,13-11-,14-12-,19-17-,20-18-,25-23-,28-27-,31-30-,34-33-,37-36-,40-39-,43-42-,45-24-,48-46-,51-49-,54-52-. The SMILES string of the molecule is CC/C=C\C/C=C\C/C=C\C/C=C\C/C=C\C/C=C\C/C=C\C/C=C\C/C=C\C/C=C\C/C=C\C/C=C\CCCCCCC(=O)OC(CO)COC(=O)CCCCCCC/C=C\C/C=C\C/C=C\C/C=C\C/C=C\CC. The van der Waals surface area contributed by atoms with Gasteiger partial charge in [-0.3, -0.25) is 9.59 Å². The van der Waals surface area contributed by atoms with Crippen molar-refractivity contribution in [1.29, 1.82) is 0 Å². The zero-order valence-corrected chi connectivity index (χ0v) is 47.9. The number of carbonyl (C=O) groups excluding carboxylic acids is 2. The van der Waals surface area contributed by atoms with Gasteiger partial charge < -0.3 is 14.6 Å². The molecule has 0 saturated heterocycles. The lowest BCUT2D eigenvalue weighted by Gasteiger charge is -2.15. The van der Waals surface area contributed by atoms with Gasteiger partial charge in [-0.15, -0.1) is 0 Å². The third kappa shape index (κ3) is 61.0. The van der Waals surface area contributed by atoms with Gasteiger partial charge in [0.05, 0.1) is 6.61 Å². The molecule has 0 amide bonds. The first-order chi connectivity index (χ1) is 37.6. The molecule has 5 nitrogen and oxygen atoms in total. The summed E-state index contributed by atoms with van der Waals surface area (Å²) in [5.74, 6) is -0.660. The summed E-state index contributed by atoms with van der Waals surface area (Å²) in [5, 5.41) is 9.65. The zero-order chi connectivity index (χ0) is 54.8. The quantitative estimate of drug-likeness (QED) is 0.0373. The van der Waals surface area contributed by atoms with Gasteiger partial charge >= 0.3 is 11.9 Å². The van der Waals surface area contributed by atoms with Gasteiger partial charge in [0, 0.05) is 12.8 Å². The van der Waals surface area contributed by atoms with Crippen molar-refractivity contribution in [1.82, 2.24) is 0 Å². The summed E-state index contributed by atoms with van der Waals surface area (Å²) in [6.07, 6.45) is 104. The van der Waals surface area contributed by atoms with Gasteiger partial charge in [-0.1, -0.05) is 253 Å². The number of unbranched alkanes of at least 4 members (excludes halogenated alkanes) is 9. The van der Waals surface area contributed by atoms with Crippen LogP contribution >= 0.6 is 0 Å². The highest BCUT2D eigenvalue weighted by molar-refractivity contribution is 5.70. The molecule has 0 spiro atoms. The number of carbonyl (C=O) groups is 2. The second-order valence-corrected chi connectivity index (χ2v) is 18.6. The molecule has 0 rings (SSSR count). The number of hydrogen-bond donors (Lipinski definition) is 1. The monoisotopic (exact) mass is 1040 g/mol. The van der Waals surface area contributed by atoms with Gasteiger partial charge in [-0.05, 0) is 148 Å². The van der Waals surface area contributed by atoms with Crippen molar-refractivity contribution < 1.29 is 24.2 Å². The van der Waals surface area contributed by atoms with Crippen LogP contribution < -0.4 is 0 Å². The van der Waals surface area contributed by atoms with Crippen LogP contribution in [0.25, 0.3) is 0 Å². The number of hydrogen-bond acceptors (Lipinski definition) is 5. The first kappa shape index (κ1) is 70.5. The number of esters is 2. The van der Waals surface area contributed by atoms with Gasteiger partial charge in [0.1, 0.15) is 6.61 Å². The lowest BCUT2D eigenvalue weighted by atomic mass is 10.1. The molecule has 5 heteroatoms. The fourth-order valence-corrected chi connectivity index (χ4v) is 7.21. The number of rotatable bonds is 51. The van der Waals surface area contributed by atoms with Crippen LogP contribution in [0.2, 0.25) is 0 Å². The molecule has 0 aromatic heterocycles. The van der Waals surface area contributed by atoms with Gasteiger partial charge in [-0.25, -0.2) is 0 Å².